The van der Waals surface area contributed by atoms with Crippen molar-refractivity contribution < 1.29 is 19.1 Å². The number of nitrogens with two attached hydrogens (primary N) is 1. The van der Waals surface area contributed by atoms with Crippen LogP contribution >= 0.6 is 0 Å². The molecular formula is C15H23N3O4. The number of benzene rings is 1. The van der Waals surface area contributed by atoms with Crippen LogP contribution in [-0.2, 0) is 4.79 Å². The van der Waals surface area contributed by atoms with Crippen molar-refractivity contribution in [2.75, 3.05) is 19.5 Å². The number of urea groups is 1. The Bertz CT molecular complexity index is 511. The Balaban J connectivity index is 2.81. The lowest BCUT2D eigenvalue weighted by Gasteiger charge is -2.21. The number of rotatable bonds is 7. The fourth-order valence-electron chi connectivity index (χ4n) is 1.92. The Morgan fingerprint density at radius 2 is 1.73 bits per heavy atom. The Hall–Kier alpha value is -2.44. The maximum Gasteiger partial charge on any atom is 0.319 e. The molecule has 0 bridgehead atoms. The van der Waals surface area contributed by atoms with E-state index in [0.29, 0.717) is 17.2 Å². The summed E-state index contributed by atoms with van der Waals surface area (Å²) in [7, 11) is 3.04. The van der Waals surface area contributed by atoms with Gasteiger partial charge in [-0.3, -0.25) is 4.79 Å². The molecule has 0 unspecified atom stereocenters. The minimum absolute atomic E-state index is 0.0527. The quantitative estimate of drug-likeness (QED) is 0.713. The van der Waals surface area contributed by atoms with Crippen molar-refractivity contribution in [3.8, 4) is 11.5 Å². The molecule has 0 fully saturated rings. The first kappa shape index (κ1) is 17.6. The number of primary amides is 1. The van der Waals surface area contributed by atoms with Gasteiger partial charge < -0.3 is 25.8 Å². The molecule has 1 aromatic rings. The van der Waals surface area contributed by atoms with Crippen LogP contribution in [0.25, 0.3) is 0 Å². The molecule has 0 heterocycles. The number of nitrogens with one attached hydrogen (secondary N) is 2. The van der Waals surface area contributed by atoms with E-state index >= 15 is 0 Å². The molecule has 0 spiro atoms. The van der Waals surface area contributed by atoms with E-state index in [1.54, 1.807) is 18.2 Å². The number of methoxy groups -OCH3 is 2. The average Bonchev–Trinajstić information content (AvgIpc) is 2.50. The molecule has 7 heteroatoms. The van der Waals surface area contributed by atoms with Crippen molar-refractivity contribution in [1.29, 1.82) is 0 Å². The highest BCUT2D eigenvalue weighted by Crippen LogP contribution is 2.25. The van der Waals surface area contributed by atoms with E-state index in [1.807, 2.05) is 13.8 Å². The van der Waals surface area contributed by atoms with Crippen molar-refractivity contribution in [3.63, 3.8) is 0 Å². The molecule has 2 atom stereocenters. The molecule has 0 radical (unpaired) electrons. The summed E-state index contributed by atoms with van der Waals surface area (Å²) in [6.07, 6.45) is 0.723. The number of carbonyl (C=O) groups excluding carboxylic acids is 2. The lowest BCUT2D eigenvalue weighted by molar-refractivity contribution is -0.120. The monoisotopic (exact) mass is 309 g/mol. The normalized spacial score (nSPS) is 12.9. The molecule has 1 aromatic carbocycles. The summed E-state index contributed by atoms with van der Waals surface area (Å²) >= 11 is 0. The SMILES string of the molecule is CC[C@H](C)[C@H](NC(=O)Nc1cc(OC)cc(OC)c1)C(N)=O. The predicted molar refractivity (Wildman–Crippen MR) is 84.1 cm³/mol. The average molecular weight is 309 g/mol. The van der Waals surface area contributed by atoms with Gasteiger partial charge in [0, 0.05) is 23.9 Å². The van der Waals surface area contributed by atoms with Crippen molar-refractivity contribution in [1.82, 2.24) is 5.32 Å². The second kappa shape index (κ2) is 8.11. The molecule has 0 aliphatic heterocycles. The highest BCUT2D eigenvalue weighted by atomic mass is 16.5. The molecule has 0 saturated heterocycles. The fourth-order valence-corrected chi connectivity index (χ4v) is 1.92. The van der Waals surface area contributed by atoms with Crippen LogP contribution in [0.3, 0.4) is 0 Å². The van der Waals surface area contributed by atoms with E-state index in [2.05, 4.69) is 10.6 Å². The van der Waals surface area contributed by atoms with Gasteiger partial charge in [-0.15, -0.1) is 0 Å². The van der Waals surface area contributed by atoms with Crippen LogP contribution in [0.1, 0.15) is 20.3 Å². The van der Waals surface area contributed by atoms with Gasteiger partial charge in [-0.25, -0.2) is 4.79 Å². The topological polar surface area (TPSA) is 103 Å². The summed E-state index contributed by atoms with van der Waals surface area (Å²) in [5.74, 6) is 0.474. The standard InChI is InChI=1S/C15H23N3O4/c1-5-9(2)13(14(16)19)18-15(20)17-10-6-11(21-3)8-12(7-10)22-4/h6-9,13H,5H2,1-4H3,(H2,16,19)(H2,17,18,20)/t9-,13-/m0/s1. The zero-order valence-corrected chi connectivity index (χ0v) is 13.3. The molecule has 0 aliphatic rings. The molecule has 1 rings (SSSR count). The van der Waals surface area contributed by atoms with Crippen molar-refractivity contribution >= 4 is 17.6 Å². The first-order valence-corrected chi connectivity index (χ1v) is 7.01. The summed E-state index contributed by atoms with van der Waals surface area (Å²) in [6, 6.07) is 3.74. The van der Waals surface area contributed by atoms with E-state index in [-0.39, 0.29) is 5.92 Å². The largest absolute Gasteiger partial charge is 0.497 e. The van der Waals surface area contributed by atoms with Gasteiger partial charge in [0.1, 0.15) is 17.5 Å². The number of amides is 3. The van der Waals surface area contributed by atoms with Crippen molar-refractivity contribution in [2.45, 2.75) is 26.3 Å². The van der Waals surface area contributed by atoms with E-state index in [0.717, 1.165) is 6.42 Å². The molecule has 7 nitrogen and oxygen atoms in total. The van der Waals surface area contributed by atoms with Crippen LogP contribution in [-0.4, -0.2) is 32.2 Å². The van der Waals surface area contributed by atoms with Crippen LogP contribution in [0, 0.1) is 5.92 Å². The summed E-state index contributed by atoms with van der Waals surface area (Å²) in [5, 5.41) is 5.22. The van der Waals surface area contributed by atoms with Gasteiger partial charge in [-0.1, -0.05) is 20.3 Å². The maximum absolute atomic E-state index is 12.0. The summed E-state index contributed by atoms with van der Waals surface area (Å²) in [6.45, 7) is 3.78. The van der Waals surface area contributed by atoms with Gasteiger partial charge in [0.05, 0.1) is 14.2 Å². The molecule has 22 heavy (non-hydrogen) atoms. The Labute approximate surface area is 130 Å². The zero-order valence-electron chi connectivity index (χ0n) is 13.3. The van der Waals surface area contributed by atoms with Crippen LogP contribution in [0.2, 0.25) is 0 Å². The Morgan fingerprint density at radius 1 is 1.18 bits per heavy atom. The van der Waals surface area contributed by atoms with E-state index < -0.39 is 18.0 Å². The Morgan fingerprint density at radius 3 is 2.14 bits per heavy atom. The van der Waals surface area contributed by atoms with Crippen LogP contribution in [0.5, 0.6) is 11.5 Å². The first-order chi connectivity index (χ1) is 10.4. The lowest BCUT2D eigenvalue weighted by atomic mass is 9.99. The number of anilines is 1. The second-order valence-corrected chi connectivity index (χ2v) is 4.97. The fraction of sp³-hybridized carbons (Fsp3) is 0.467. The number of carbonyl (C=O) groups is 2. The summed E-state index contributed by atoms with van der Waals surface area (Å²) in [4.78, 5) is 23.5. The summed E-state index contributed by atoms with van der Waals surface area (Å²) in [5.41, 5.74) is 5.81. The van der Waals surface area contributed by atoms with Gasteiger partial charge in [0.25, 0.3) is 0 Å². The third-order valence-corrected chi connectivity index (χ3v) is 3.42. The number of hydrogen-bond acceptors (Lipinski definition) is 4. The molecule has 0 aliphatic carbocycles. The molecular weight excluding hydrogens is 286 g/mol. The van der Waals surface area contributed by atoms with Gasteiger partial charge in [-0.2, -0.15) is 0 Å². The molecule has 0 saturated carbocycles. The van der Waals surface area contributed by atoms with Crippen molar-refractivity contribution in [3.05, 3.63) is 18.2 Å². The van der Waals surface area contributed by atoms with Gasteiger partial charge in [0.15, 0.2) is 0 Å². The lowest BCUT2D eigenvalue weighted by Crippen LogP contribution is -2.49. The third kappa shape index (κ3) is 4.83. The summed E-state index contributed by atoms with van der Waals surface area (Å²) < 4.78 is 10.3. The first-order valence-electron chi connectivity index (χ1n) is 7.01. The molecule has 3 amide bonds. The van der Waals surface area contributed by atoms with E-state index in [9.17, 15) is 9.59 Å². The molecule has 122 valence electrons. The minimum Gasteiger partial charge on any atom is -0.497 e. The van der Waals surface area contributed by atoms with Crippen molar-refractivity contribution in [2.24, 2.45) is 11.7 Å². The van der Waals surface area contributed by atoms with E-state index in [1.165, 1.54) is 14.2 Å². The second-order valence-electron chi connectivity index (χ2n) is 4.97. The highest BCUT2D eigenvalue weighted by molar-refractivity contribution is 5.93. The smallest absolute Gasteiger partial charge is 0.319 e. The zero-order chi connectivity index (χ0) is 16.7. The van der Waals surface area contributed by atoms with E-state index in [4.69, 9.17) is 15.2 Å². The van der Waals surface area contributed by atoms with Crippen LogP contribution < -0.4 is 25.8 Å². The van der Waals surface area contributed by atoms with Gasteiger partial charge in [-0.05, 0) is 5.92 Å². The predicted octanol–water partition coefficient (Wildman–Crippen LogP) is 1.73. The minimum atomic E-state index is -0.725. The molecule has 4 N–H and O–H groups in total. The maximum atomic E-state index is 12.0. The van der Waals surface area contributed by atoms with Crippen LogP contribution in [0.15, 0.2) is 18.2 Å². The van der Waals surface area contributed by atoms with Gasteiger partial charge in [0.2, 0.25) is 5.91 Å². The number of hydrogen-bond donors (Lipinski definition) is 3. The third-order valence-electron chi connectivity index (χ3n) is 3.42. The molecule has 0 aromatic heterocycles. The highest BCUT2D eigenvalue weighted by Gasteiger charge is 2.23. The Kier molecular flexibility index (Phi) is 6.49. The van der Waals surface area contributed by atoms with Crippen LogP contribution in [0.4, 0.5) is 10.5 Å². The number of ether oxygens (including phenoxy) is 2. The van der Waals surface area contributed by atoms with Gasteiger partial charge >= 0.3 is 6.03 Å².